The van der Waals surface area contributed by atoms with Crippen molar-refractivity contribution in [1.82, 2.24) is 4.90 Å². The molecule has 0 heterocycles. The van der Waals surface area contributed by atoms with Gasteiger partial charge in [0.2, 0.25) is 0 Å². The Hall–Kier alpha value is -0.980. The molecule has 0 saturated heterocycles. The van der Waals surface area contributed by atoms with Crippen LogP contribution < -0.4 is 0 Å². The van der Waals surface area contributed by atoms with Gasteiger partial charge in [0, 0.05) is 25.7 Å². The maximum atomic E-state index is 12.8. The van der Waals surface area contributed by atoms with Gasteiger partial charge in [0.05, 0.1) is 19.1 Å². The van der Waals surface area contributed by atoms with E-state index in [1.165, 1.54) is 141 Å². The molecule has 6 heteroatoms. The number of esters is 1. The van der Waals surface area contributed by atoms with Crippen molar-refractivity contribution in [2.75, 3.05) is 40.0 Å². The van der Waals surface area contributed by atoms with Crippen LogP contribution in [0.3, 0.4) is 0 Å². The monoisotopic (exact) mass is 782 g/mol. The summed E-state index contributed by atoms with van der Waals surface area (Å²) in [6.45, 7) is 14.9. The minimum Gasteiger partial charge on any atom is -0.465 e. The summed E-state index contributed by atoms with van der Waals surface area (Å²) in [7, 11) is 1.77. The molecule has 6 nitrogen and oxygen atoms in total. The lowest BCUT2D eigenvalue weighted by Gasteiger charge is -2.30. The number of hydrogen-bond acceptors (Lipinski definition) is 6. The smallest absolute Gasteiger partial charge is 0.308 e. The van der Waals surface area contributed by atoms with Crippen LogP contribution in [0.4, 0.5) is 0 Å². The number of unbranched alkanes of at least 4 members (excludes halogenated alkanes) is 22. The Bertz CT molecular complexity index is 745. The normalized spacial score (nSPS) is 13.0. The Morgan fingerprint density at radius 2 is 0.909 bits per heavy atom. The highest BCUT2D eigenvalue weighted by Gasteiger charge is 2.19. The van der Waals surface area contributed by atoms with E-state index < -0.39 is 0 Å². The molecule has 0 fully saturated rings. The molecule has 0 bridgehead atoms. The van der Waals surface area contributed by atoms with E-state index >= 15 is 0 Å². The fourth-order valence-electron chi connectivity index (χ4n) is 7.62. The summed E-state index contributed by atoms with van der Waals surface area (Å²) < 4.78 is 10.9. The van der Waals surface area contributed by atoms with Crippen LogP contribution in [-0.2, 0) is 19.1 Å². The summed E-state index contributed by atoms with van der Waals surface area (Å²) in [6.07, 6.45) is 41.2. The van der Waals surface area contributed by atoms with E-state index in [2.05, 4.69) is 39.5 Å². The van der Waals surface area contributed by atoms with Crippen molar-refractivity contribution < 1.29 is 24.2 Å². The van der Waals surface area contributed by atoms with Crippen molar-refractivity contribution in [3.8, 4) is 0 Å². The lowest BCUT2D eigenvalue weighted by Crippen LogP contribution is -2.39. The molecule has 3 atom stereocenters. The number of hydrogen-bond donors (Lipinski definition) is 1. The Balaban J connectivity index is 0. The molecule has 0 aromatic heterocycles. The highest BCUT2D eigenvalue weighted by atomic mass is 16.5. The molecule has 0 spiro atoms. The van der Waals surface area contributed by atoms with Gasteiger partial charge in [0.15, 0.2) is 0 Å². The maximum Gasteiger partial charge on any atom is 0.308 e. The first-order valence-corrected chi connectivity index (χ1v) is 24.4. The van der Waals surface area contributed by atoms with Crippen LogP contribution in [0.1, 0.15) is 247 Å². The summed E-state index contributed by atoms with van der Waals surface area (Å²) in [5, 5.41) is 9.81. The topological polar surface area (TPSA) is 76.1 Å². The quantitative estimate of drug-likeness (QED) is 0.0377. The molecule has 0 amide bonds. The second-order valence-corrected chi connectivity index (χ2v) is 16.7. The maximum absolute atomic E-state index is 12.8. The largest absolute Gasteiger partial charge is 0.465 e. The van der Waals surface area contributed by atoms with Crippen LogP contribution in [0.25, 0.3) is 0 Å². The fraction of sp³-hybridized carbons (Fsp3) is 0.959. The highest BCUT2D eigenvalue weighted by molar-refractivity contribution is 5.72. The zero-order valence-electron chi connectivity index (χ0n) is 38.2. The molecule has 330 valence electrons. The fourth-order valence-corrected chi connectivity index (χ4v) is 7.62. The van der Waals surface area contributed by atoms with Gasteiger partial charge in [0.25, 0.3) is 0 Å². The second-order valence-electron chi connectivity index (χ2n) is 16.7. The molecule has 0 aliphatic carbocycles. The van der Waals surface area contributed by atoms with Gasteiger partial charge in [-0.2, -0.15) is 0 Å². The molecular weight excluding hydrogens is 683 g/mol. The number of carbonyl (C=O) groups is 2. The van der Waals surface area contributed by atoms with Gasteiger partial charge in [-0.25, -0.2) is 0 Å². The second kappa shape index (κ2) is 47.4. The molecule has 1 N–H and O–H groups in total. The number of carbonyl (C=O) groups excluding carboxylic acids is 2. The Labute approximate surface area is 344 Å². The van der Waals surface area contributed by atoms with E-state index in [1.807, 2.05) is 0 Å². The summed E-state index contributed by atoms with van der Waals surface area (Å²) in [5.74, 6) is 0.504. The minimum absolute atomic E-state index is 0.0560. The Morgan fingerprint density at radius 3 is 1.33 bits per heavy atom. The molecule has 0 rings (SSSR count). The molecule has 0 radical (unpaired) electrons. The average molecular weight is 782 g/mol. The number of methoxy groups -OCH3 is 1. The SMILES string of the molecule is CCCCCCCCC(C=O)CCCCCC.CCCCCCCCC(CCCCCC)C(=O)OCCCCCCN(CCCCCCOC)C(CC)CO. The molecular formula is C49H99NO5. The van der Waals surface area contributed by atoms with Crippen molar-refractivity contribution in [2.45, 2.75) is 253 Å². The predicted molar refractivity (Wildman–Crippen MR) is 239 cm³/mol. The molecule has 0 aromatic rings. The Kier molecular flexibility index (Phi) is 48.4. The molecule has 0 aliphatic heterocycles. The molecule has 3 unspecified atom stereocenters. The van der Waals surface area contributed by atoms with Crippen LogP contribution in [0.2, 0.25) is 0 Å². The van der Waals surface area contributed by atoms with Gasteiger partial charge < -0.3 is 19.4 Å². The van der Waals surface area contributed by atoms with Crippen molar-refractivity contribution in [3.63, 3.8) is 0 Å². The third-order valence-corrected chi connectivity index (χ3v) is 11.5. The first kappa shape index (κ1) is 56.1. The minimum atomic E-state index is 0.0560. The van der Waals surface area contributed by atoms with E-state index in [9.17, 15) is 14.7 Å². The van der Waals surface area contributed by atoms with Crippen molar-refractivity contribution in [2.24, 2.45) is 11.8 Å². The number of nitrogens with zero attached hydrogens (tertiary/aromatic N) is 1. The average Bonchev–Trinajstić information content (AvgIpc) is 3.20. The van der Waals surface area contributed by atoms with Crippen LogP contribution in [0.15, 0.2) is 0 Å². The van der Waals surface area contributed by atoms with Crippen LogP contribution >= 0.6 is 0 Å². The molecule has 0 saturated carbocycles. The number of aliphatic hydroxyl groups is 1. The van der Waals surface area contributed by atoms with E-state index in [-0.39, 0.29) is 24.5 Å². The first-order valence-electron chi connectivity index (χ1n) is 24.4. The lowest BCUT2D eigenvalue weighted by molar-refractivity contribution is -0.149. The number of aldehydes is 1. The van der Waals surface area contributed by atoms with Crippen molar-refractivity contribution in [1.29, 1.82) is 0 Å². The zero-order valence-corrected chi connectivity index (χ0v) is 38.2. The van der Waals surface area contributed by atoms with Gasteiger partial charge in [-0.15, -0.1) is 0 Å². The third-order valence-electron chi connectivity index (χ3n) is 11.5. The van der Waals surface area contributed by atoms with Crippen LogP contribution in [-0.4, -0.2) is 68.3 Å². The van der Waals surface area contributed by atoms with E-state index in [1.54, 1.807) is 7.11 Å². The summed E-state index contributed by atoms with van der Waals surface area (Å²) in [5.41, 5.74) is 0. The zero-order chi connectivity index (χ0) is 40.9. The summed E-state index contributed by atoms with van der Waals surface area (Å²) in [4.78, 5) is 26.2. The number of aliphatic hydroxyl groups excluding tert-OH is 1. The predicted octanol–water partition coefficient (Wildman–Crippen LogP) is 14.2. The summed E-state index contributed by atoms with van der Waals surface area (Å²) in [6, 6.07) is 0.274. The molecule has 0 aromatic carbocycles. The lowest BCUT2D eigenvalue weighted by atomic mass is 9.94. The van der Waals surface area contributed by atoms with Gasteiger partial charge in [-0.05, 0) is 70.9 Å². The third kappa shape index (κ3) is 39.6. The number of rotatable bonds is 43. The van der Waals surface area contributed by atoms with Crippen LogP contribution in [0.5, 0.6) is 0 Å². The Morgan fingerprint density at radius 1 is 0.527 bits per heavy atom. The van der Waals surface area contributed by atoms with E-state index in [4.69, 9.17) is 9.47 Å². The molecule has 0 aliphatic rings. The van der Waals surface area contributed by atoms with Gasteiger partial charge in [0.1, 0.15) is 6.29 Å². The van der Waals surface area contributed by atoms with Gasteiger partial charge in [-0.1, -0.05) is 189 Å². The van der Waals surface area contributed by atoms with Crippen LogP contribution in [0, 0.1) is 11.8 Å². The molecule has 55 heavy (non-hydrogen) atoms. The number of ether oxygens (including phenoxy) is 2. The summed E-state index contributed by atoms with van der Waals surface area (Å²) >= 11 is 0. The standard InChI is InChI=1S/C33H67NO4.C16H32O/c1-5-8-10-12-13-19-25-31(24-18-11-9-6-2)33(36)38-29-23-17-15-21-27-34(32(7-3)30-35)26-20-14-16-22-28-37-4;1-3-5-7-9-10-12-14-16(15-17)13-11-8-6-4-2/h31-32,35H,5-30H2,1-4H3;15-16H,3-14H2,1-2H3. The van der Waals surface area contributed by atoms with Crippen molar-refractivity contribution >= 4 is 12.3 Å². The van der Waals surface area contributed by atoms with Gasteiger partial charge in [-0.3, -0.25) is 9.69 Å². The first-order chi connectivity index (χ1) is 27.0. The van der Waals surface area contributed by atoms with E-state index in [0.717, 1.165) is 96.7 Å². The van der Waals surface area contributed by atoms with E-state index in [0.29, 0.717) is 12.5 Å². The van der Waals surface area contributed by atoms with Crippen molar-refractivity contribution in [3.05, 3.63) is 0 Å². The van der Waals surface area contributed by atoms with Gasteiger partial charge >= 0.3 is 5.97 Å². The highest BCUT2D eigenvalue weighted by Crippen LogP contribution is 2.21.